The van der Waals surface area contributed by atoms with E-state index >= 15 is 0 Å². The van der Waals surface area contributed by atoms with Crippen molar-refractivity contribution in [2.24, 2.45) is 0 Å². The highest BCUT2D eigenvalue weighted by Crippen LogP contribution is 2.25. The van der Waals surface area contributed by atoms with Crippen LogP contribution in [0.1, 0.15) is 11.1 Å². The van der Waals surface area contributed by atoms with Gasteiger partial charge in [-0.3, -0.25) is 14.3 Å². The Labute approximate surface area is 219 Å². The molecule has 0 amide bonds. The van der Waals surface area contributed by atoms with Gasteiger partial charge in [-0.25, -0.2) is 8.42 Å². The van der Waals surface area contributed by atoms with Crippen molar-refractivity contribution < 1.29 is 8.42 Å². The first-order chi connectivity index (χ1) is 17.4. The normalized spacial score (nSPS) is 15.7. The molecule has 4 aromatic rings. The standard InChI is InChI=1S/C27H26ClN3O3S2/c28-23-10-8-22(9-11-23)20-31-25-13-12-24(19-26(25)35-27(31)32)36(33,34)30-17-15-29(16-18-30)14-4-7-21-5-2-1-3-6-21/h1-13,19H,14-18,20H2/b7-4+. The van der Waals surface area contributed by atoms with Crippen molar-refractivity contribution in [3.63, 3.8) is 0 Å². The van der Waals surface area contributed by atoms with E-state index in [1.165, 1.54) is 0 Å². The van der Waals surface area contributed by atoms with E-state index in [-0.39, 0.29) is 9.77 Å². The zero-order valence-electron chi connectivity index (χ0n) is 19.6. The maximum Gasteiger partial charge on any atom is 0.308 e. The van der Waals surface area contributed by atoms with Crippen LogP contribution in [-0.2, 0) is 16.6 Å². The Balaban J connectivity index is 1.26. The van der Waals surface area contributed by atoms with Crippen LogP contribution in [0.4, 0.5) is 0 Å². The lowest BCUT2D eigenvalue weighted by Gasteiger charge is -2.33. The van der Waals surface area contributed by atoms with Gasteiger partial charge in [-0.2, -0.15) is 4.31 Å². The molecule has 186 valence electrons. The molecule has 0 atom stereocenters. The van der Waals surface area contributed by atoms with E-state index in [4.69, 9.17) is 11.6 Å². The summed E-state index contributed by atoms with van der Waals surface area (Å²) in [5.74, 6) is 0. The summed E-state index contributed by atoms with van der Waals surface area (Å²) in [7, 11) is -3.64. The summed E-state index contributed by atoms with van der Waals surface area (Å²) in [6.07, 6.45) is 4.20. The fourth-order valence-electron chi connectivity index (χ4n) is 4.33. The van der Waals surface area contributed by atoms with Crippen LogP contribution in [0.3, 0.4) is 0 Å². The zero-order chi connectivity index (χ0) is 25.1. The molecule has 36 heavy (non-hydrogen) atoms. The third kappa shape index (κ3) is 5.48. The Bertz CT molecular complexity index is 1540. The molecule has 1 saturated heterocycles. The van der Waals surface area contributed by atoms with Gasteiger partial charge in [0, 0.05) is 37.7 Å². The van der Waals surface area contributed by atoms with Crippen molar-refractivity contribution in [1.82, 2.24) is 13.8 Å². The summed E-state index contributed by atoms with van der Waals surface area (Å²) < 4.78 is 30.6. The number of hydrogen-bond donors (Lipinski definition) is 0. The average molecular weight is 540 g/mol. The predicted octanol–water partition coefficient (Wildman–Crippen LogP) is 4.78. The number of hydrogen-bond acceptors (Lipinski definition) is 5. The largest absolute Gasteiger partial charge is 0.308 e. The topological polar surface area (TPSA) is 62.6 Å². The third-order valence-electron chi connectivity index (χ3n) is 6.34. The van der Waals surface area contributed by atoms with Gasteiger partial charge in [0.25, 0.3) is 0 Å². The summed E-state index contributed by atoms with van der Waals surface area (Å²) in [6.45, 7) is 3.41. The van der Waals surface area contributed by atoms with Gasteiger partial charge in [-0.05, 0) is 41.5 Å². The summed E-state index contributed by atoms with van der Waals surface area (Å²) in [6, 6.07) is 22.4. The van der Waals surface area contributed by atoms with Crippen LogP contribution in [-0.4, -0.2) is 54.9 Å². The summed E-state index contributed by atoms with van der Waals surface area (Å²) in [5, 5.41) is 0.639. The van der Waals surface area contributed by atoms with E-state index in [9.17, 15) is 13.2 Å². The maximum absolute atomic E-state index is 13.4. The second-order valence-electron chi connectivity index (χ2n) is 8.73. The molecule has 1 aliphatic heterocycles. The molecule has 0 aliphatic carbocycles. The highest BCUT2D eigenvalue weighted by Gasteiger charge is 2.28. The van der Waals surface area contributed by atoms with Crippen molar-refractivity contribution in [3.8, 4) is 0 Å². The Morgan fingerprint density at radius 3 is 2.36 bits per heavy atom. The lowest BCUT2D eigenvalue weighted by atomic mass is 10.2. The average Bonchev–Trinajstić information content (AvgIpc) is 3.20. The lowest BCUT2D eigenvalue weighted by Crippen LogP contribution is -2.48. The van der Waals surface area contributed by atoms with Gasteiger partial charge in [-0.15, -0.1) is 0 Å². The molecule has 0 bridgehead atoms. The smallest absolute Gasteiger partial charge is 0.297 e. The Kier molecular flexibility index (Phi) is 7.41. The Morgan fingerprint density at radius 2 is 1.64 bits per heavy atom. The van der Waals surface area contributed by atoms with Crippen LogP contribution in [0.5, 0.6) is 0 Å². The van der Waals surface area contributed by atoms with E-state index in [1.807, 2.05) is 30.3 Å². The molecular weight excluding hydrogens is 514 g/mol. The fourth-order valence-corrected chi connectivity index (χ4v) is 6.91. The fraction of sp³-hybridized carbons (Fsp3) is 0.222. The number of aromatic nitrogens is 1. The molecule has 1 aromatic heterocycles. The lowest BCUT2D eigenvalue weighted by molar-refractivity contribution is 0.204. The monoisotopic (exact) mass is 539 g/mol. The molecule has 0 saturated carbocycles. The molecule has 0 unspecified atom stereocenters. The van der Waals surface area contributed by atoms with Crippen molar-refractivity contribution in [1.29, 1.82) is 0 Å². The first-order valence-electron chi connectivity index (χ1n) is 11.7. The van der Waals surface area contributed by atoms with E-state index in [0.717, 1.165) is 34.5 Å². The number of piperazine rings is 1. The zero-order valence-corrected chi connectivity index (χ0v) is 22.0. The Morgan fingerprint density at radius 1 is 0.917 bits per heavy atom. The van der Waals surface area contributed by atoms with Crippen LogP contribution in [0.25, 0.3) is 16.3 Å². The van der Waals surface area contributed by atoms with E-state index in [1.54, 1.807) is 39.2 Å². The first kappa shape index (κ1) is 24.9. The Hall–Kier alpha value is -2.75. The third-order valence-corrected chi connectivity index (χ3v) is 9.42. The van der Waals surface area contributed by atoms with E-state index in [0.29, 0.717) is 42.4 Å². The molecule has 9 heteroatoms. The van der Waals surface area contributed by atoms with Gasteiger partial charge in [0.1, 0.15) is 0 Å². The van der Waals surface area contributed by atoms with Crippen LogP contribution in [0.2, 0.25) is 5.02 Å². The highest BCUT2D eigenvalue weighted by molar-refractivity contribution is 7.89. The van der Waals surface area contributed by atoms with Crippen LogP contribution in [0, 0.1) is 0 Å². The first-order valence-corrected chi connectivity index (χ1v) is 14.4. The van der Waals surface area contributed by atoms with Gasteiger partial charge in [-0.1, -0.05) is 77.6 Å². The SMILES string of the molecule is O=c1sc2cc(S(=O)(=O)N3CCN(C/C=C/c4ccccc4)CC3)ccc2n1Cc1ccc(Cl)cc1. The van der Waals surface area contributed by atoms with Gasteiger partial charge >= 0.3 is 4.87 Å². The summed E-state index contributed by atoms with van der Waals surface area (Å²) in [5.41, 5.74) is 2.83. The van der Waals surface area contributed by atoms with Crippen LogP contribution in [0.15, 0.2) is 88.6 Å². The second kappa shape index (κ2) is 10.7. The molecule has 1 fully saturated rings. The van der Waals surface area contributed by atoms with Crippen molar-refractivity contribution in [2.45, 2.75) is 11.4 Å². The van der Waals surface area contributed by atoms with Crippen LogP contribution >= 0.6 is 22.9 Å². The molecular formula is C27H26ClN3O3S2. The van der Waals surface area contributed by atoms with Gasteiger partial charge in [0.05, 0.1) is 21.7 Å². The van der Waals surface area contributed by atoms with Crippen molar-refractivity contribution >= 4 is 49.3 Å². The van der Waals surface area contributed by atoms with E-state index < -0.39 is 10.0 Å². The quantitative estimate of drug-likeness (QED) is 0.339. The van der Waals surface area contributed by atoms with Crippen molar-refractivity contribution in [2.75, 3.05) is 32.7 Å². The number of nitrogens with zero attached hydrogens (tertiary/aromatic N) is 3. The predicted molar refractivity (Wildman–Crippen MR) is 147 cm³/mol. The molecule has 0 spiro atoms. The van der Waals surface area contributed by atoms with Crippen molar-refractivity contribution in [3.05, 3.63) is 105 Å². The molecule has 5 rings (SSSR count). The van der Waals surface area contributed by atoms with E-state index in [2.05, 4.69) is 29.2 Å². The molecule has 0 N–H and O–H groups in total. The minimum absolute atomic E-state index is 0.119. The molecule has 0 radical (unpaired) electrons. The van der Waals surface area contributed by atoms with Gasteiger partial charge in [0.2, 0.25) is 10.0 Å². The highest BCUT2D eigenvalue weighted by atomic mass is 35.5. The number of benzene rings is 3. The number of thiazole rings is 1. The molecule has 3 aromatic carbocycles. The second-order valence-corrected chi connectivity index (χ2v) is 12.1. The van der Waals surface area contributed by atoms with Crippen LogP contribution < -0.4 is 4.87 Å². The van der Waals surface area contributed by atoms with Gasteiger partial charge < -0.3 is 0 Å². The minimum atomic E-state index is -3.64. The minimum Gasteiger partial charge on any atom is -0.297 e. The molecule has 2 heterocycles. The summed E-state index contributed by atoms with van der Waals surface area (Å²) in [4.78, 5) is 15.0. The number of halogens is 1. The number of sulfonamides is 1. The summed E-state index contributed by atoms with van der Waals surface area (Å²) >= 11 is 7.03. The molecule has 1 aliphatic rings. The number of rotatable bonds is 7. The number of fused-ring (bicyclic) bond motifs is 1. The maximum atomic E-state index is 13.4. The molecule has 6 nitrogen and oxygen atoms in total. The van der Waals surface area contributed by atoms with Gasteiger partial charge in [0.15, 0.2) is 0 Å².